The Morgan fingerprint density at radius 1 is 1.23 bits per heavy atom. The Labute approximate surface area is 85.1 Å². The van der Waals surface area contributed by atoms with Gasteiger partial charge in [0.2, 0.25) is 0 Å². The lowest BCUT2D eigenvalue weighted by Gasteiger charge is -2.04. The minimum Gasteiger partial charge on any atom is -0.207 e. The molecule has 0 saturated heterocycles. The molecule has 0 heterocycles. The second kappa shape index (κ2) is 4.70. The molecule has 0 aliphatic heterocycles. The first-order valence-corrected chi connectivity index (χ1v) is 5.27. The van der Waals surface area contributed by atoms with Crippen molar-refractivity contribution in [1.29, 1.82) is 0 Å². The molecule has 0 saturated carbocycles. The van der Waals surface area contributed by atoms with Crippen molar-refractivity contribution in [3.63, 3.8) is 0 Å². The van der Waals surface area contributed by atoms with E-state index >= 15 is 0 Å². The van der Waals surface area contributed by atoms with E-state index in [0.29, 0.717) is 17.5 Å². The molecule has 3 heteroatoms. The lowest BCUT2D eigenvalue weighted by molar-refractivity contribution is 0.565. The molecule has 0 atom stereocenters. The molecule has 1 aromatic carbocycles. The second-order valence-corrected chi connectivity index (χ2v) is 3.78. The van der Waals surface area contributed by atoms with Crippen LogP contribution in [0.5, 0.6) is 0 Å². The Morgan fingerprint density at radius 3 is 2.54 bits per heavy atom. The minimum atomic E-state index is -0.472. The lowest BCUT2D eigenvalue weighted by atomic mass is 10.1. The molecule has 0 amide bonds. The van der Waals surface area contributed by atoms with Gasteiger partial charge in [-0.3, -0.25) is 0 Å². The molecule has 72 valence electrons. The quantitative estimate of drug-likeness (QED) is 0.718. The van der Waals surface area contributed by atoms with Gasteiger partial charge in [-0.2, -0.15) is 0 Å². The maximum atomic E-state index is 13.1. The van der Waals surface area contributed by atoms with Gasteiger partial charge in [-0.25, -0.2) is 8.78 Å². The molecule has 13 heavy (non-hydrogen) atoms. The first-order chi connectivity index (χ1) is 6.15. The Morgan fingerprint density at radius 2 is 1.92 bits per heavy atom. The van der Waals surface area contributed by atoms with Gasteiger partial charge >= 0.3 is 0 Å². The highest BCUT2D eigenvalue weighted by molar-refractivity contribution is 9.09. The second-order valence-electron chi connectivity index (χ2n) is 2.99. The van der Waals surface area contributed by atoms with Crippen molar-refractivity contribution in [3.05, 3.63) is 34.9 Å². The monoisotopic (exact) mass is 248 g/mol. The fraction of sp³-hybridized carbons (Fsp3) is 0.400. The first-order valence-electron chi connectivity index (χ1n) is 4.15. The fourth-order valence-electron chi connectivity index (χ4n) is 1.17. The van der Waals surface area contributed by atoms with Gasteiger partial charge in [-0.15, -0.1) is 0 Å². The van der Waals surface area contributed by atoms with E-state index in [1.807, 2.05) is 0 Å². The van der Waals surface area contributed by atoms with Crippen molar-refractivity contribution in [1.82, 2.24) is 0 Å². The smallest absolute Gasteiger partial charge is 0.129 e. The molecular formula is C10H11BrF2. The average Bonchev–Trinajstić information content (AvgIpc) is 2.09. The normalized spacial score (nSPS) is 10.5. The SMILES string of the molecule is Cc1cc(CCCBr)c(F)cc1F. The van der Waals surface area contributed by atoms with Crippen LogP contribution >= 0.6 is 15.9 Å². The third kappa shape index (κ3) is 2.76. The minimum absolute atomic E-state index is 0.441. The van der Waals surface area contributed by atoms with Crippen molar-refractivity contribution in [2.45, 2.75) is 19.8 Å². The van der Waals surface area contributed by atoms with Crippen LogP contribution in [0, 0.1) is 18.6 Å². The topological polar surface area (TPSA) is 0 Å². The highest BCUT2D eigenvalue weighted by Crippen LogP contribution is 2.15. The van der Waals surface area contributed by atoms with Gasteiger partial charge in [-0.05, 0) is 30.9 Å². The molecular weight excluding hydrogens is 238 g/mol. The van der Waals surface area contributed by atoms with Crippen molar-refractivity contribution in [3.8, 4) is 0 Å². The Balaban J connectivity index is 2.88. The van der Waals surface area contributed by atoms with Gasteiger partial charge in [0, 0.05) is 11.4 Å². The van der Waals surface area contributed by atoms with Crippen LogP contribution in [0.4, 0.5) is 8.78 Å². The summed E-state index contributed by atoms with van der Waals surface area (Å²) < 4.78 is 25.9. The zero-order chi connectivity index (χ0) is 9.84. The Kier molecular flexibility index (Phi) is 3.85. The van der Waals surface area contributed by atoms with E-state index in [0.717, 1.165) is 17.8 Å². The van der Waals surface area contributed by atoms with Crippen molar-refractivity contribution < 1.29 is 8.78 Å². The summed E-state index contributed by atoms with van der Waals surface area (Å²) in [5.74, 6) is -0.913. The summed E-state index contributed by atoms with van der Waals surface area (Å²) in [5.41, 5.74) is 1.10. The van der Waals surface area contributed by atoms with Crippen LogP contribution in [0.15, 0.2) is 12.1 Å². The molecule has 0 aliphatic carbocycles. The summed E-state index contributed by atoms with van der Waals surface area (Å²) in [5, 5.41) is 0.836. The van der Waals surface area contributed by atoms with Crippen molar-refractivity contribution in [2.24, 2.45) is 0 Å². The molecule has 0 unspecified atom stereocenters. The molecule has 0 bridgehead atoms. The maximum Gasteiger partial charge on any atom is 0.129 e. The predicted octanol–water partition coefficient (Wildman–Crippen LogP) is 3.60. The van der Waals surface area contributed by atoms with Gasteiger partial charge in [0.1, 0.15) is 11.6 Å². The zero-order valence-corrected chi connectivity index (χ0v) is 9.00. The van der Waals surface area contributed by atoms with Crippen LogP contribution in [-0.4, -0.2) is 5.33 Å². The zero-order valence-electron chi connectivity index (χ0n) is 7.41. The maximum absolute atomic E-state index is 13.1. The summed E-state index contributed by atoms with van der Waals surface area (Å²) in [4.78, 5) is 0. The molecule has 0 N–H and O–H groups in total. The molecule has 0 radical (unpaired) electrons. The number of benzene rings is 1. The van der Waals surface area contributed by atoms with Crippen LogP contribution in [-0.2, 0) is 6.42 Å². The molecule has 0 spiro atoms. The number of hydrogen-bond donors (Lipinski definition) is 0. The van der Waals surface area contributed by atoms with Gasteiger partial charge in [0.25, 0.3) is 0 Å². The molecule has 1 rings (SSSR count). The predicted molar refractivity (Wildman–Crippen MR) is 53.2 cm³/mol. The summed E-state index contributed by atoms with van der Waals surface area (Å²) in [6.07, 6.45) is 1.51. The van der Waals surface area contributed by atoms with Gasteiger partial charge in [-0.1, -0.05) is 22.0 Å². The lowest BCUT2D eigenvalue weighted by Crippen LogP contribution is -1.95. The van der Waals surface area contributed by atoms with Crippen LogP contribution < -0.4 is 0 Å². The summed E-state index contributed by atoms with van der Waals surface area (Å²) >= 11 is 3.27. The van der Waals surface area contributed by atoms with E-state index in [9.17, 15) is 8.78 Å². The number of hydrogen-bond acceptors (Lipinski definition) is 0. The number of aryl methyl sites for hydroxylation is 2. The fourth-order valence-corrected chi connectivity index (χ4v) is 1.45. The summed E-state index contributed by atoms with van der Waals surface area (Å²) in [6.45, 7) is 1.65. The van der Waals surface area contributed by atoms with E-state index in [-0.39, 0.29) is 0 Å². The summed E-state index contributed by atoms with van der Waals surface area (Å²) in [6, 6.07) is 2.53. The van der Waals surface area contributed by atoms with Crippen molar-refractivity contribution in [2.75, 3.05) is 5.33 Å². The van der Waals surface area contributed by atoms with Crippen LogP contribution in [0.25, 0.3) is 0 Å². The van der Waals surface area contributed by atoms with E-state index < -0.39 is 11.6 Å². The average molecular weight is 249 g/mol. The number of alkyl halides is 1. The van der Waals surface area contributed by atoms with E-state index in [2.05, 4.69) is 15.9 Å². The molecule has 0 aliphatic rings. The number of rotatable bonds is 3. The first kappa shape index (κ1) is 10.6. The third-order valence-corrected chi connectivity index (χ3v) is 2.47. The standard InChI is InChI=1S/C10H11BrF2/c1-7-5-8(3-2-4-11)10(13)6-9(7)12/h5-6H,2-4H2,1H3. The Bertz CT molecular complexity index is 297. The largest absolute Gasteiger partial charge is 0.207 e. The van der Waals surface area contributed by atoms with E-state index in [4.69, 9.17) is 0 Å². The van der Waals surface area contributed by atoms with Gasteiger partial charge in [0.05, 0.1) is 0 Å². The van der Waals surface area contributed by atoms with Crippen molar-refractivity contribution >= 4 is 15.9 Å². The molecule has 1 aromatic rings. The highest BCUT2D eigenvalue weighted by atomic mass is 79.9. The van der Waals surface area contributed by atoms with Gasteiger partial charge < -0.3 is 0 Å². The highest BCUT2D eigenvalue weighted by Gasteiger charge is 2.06. The van der Waals surface area contributed by atoms with Gasteiger partial charge in [0.15, 0.2) is 0 Å². The third-order valence-electron chi connectivity index (χ3n) is 1.91. The van der Waals surface area contributed by atoms with Crippen LogP contribution in [0.2, 0.25) is 0 Å². The van der Waals surface area contributed by atoms with E-state index in [1.165, 1.54) is 0 Å². The van der Waals surface area contributed by atoms with Crippen LogP contribution in [0.1, 0.15) is 17.5 Å². The number of halogens is 3. The molecule has 0 nitrogen and oxygen atoms in total. The Hall–Kier alpha value is -0.440. The van der Waals surface area contributed by atoms with E-state index in [1.54, 1.807) is 13.0 Å². The van der Waals surface area contributed by atoms with Crippen LogP contribution in [0.3, 0.4) is 0 Å². The molecule has 0 aromatic heterocycles. The summed E-state index contributed by atoms with van der Waals surface area (Å²) in [7, 11) is 0. The molecule has 0 fully saturated rings.